The summed E-state index contributed by atoms with van der Waals surface area (Å²) in [5.41, 5.74) is 1.62. The van der Waals surface area contributed by atoms with Crippen LogP contribution in [0.15, 0.2) is 42.9 Å². The Kier molecular flexibility index (Phi) is 2.83. The predicted octanol–water partition coefficient (Wildman–Crippen LogP) is 1.83. The first-order valence-corrected chi connectivity index (χ1v) is 5.70. The molecule has 0 atom stereocenters. The van der Waals surface area contributed by atoms with Gasteiger partial charge in [-0.3, -0.25) is 0 Å². The Morgan fingerprint density at radius 1 is 1.21 bits per heavy atom. The molecule has 19 heavy (non-hydrogen) atoms. The van der Waals surface area contributed by atoms with Gasteiger partial charge in [-0.05, 0) is 12.1 Å². The summed E-state index contributed by atoms with van der Waals surface area (Å²) in [5.74, 6) is 2.86. The molecule has 0 saturated carbocycles. The van der Waals surface area contributed by atoms with Gasteiger partial charge in [0, 0.05) is 0 Å². The van der Waals surface area contributed by atoms with E-state index in [0.29, 0.717) is 11.5 Å². The van der Waals surface area contributed by atoms with Crippen molar-refractivity contribution in [1.29, 1.82) is 0 Å². The van der Waals surface area contributed by atoms with E-state index >= 15 is 0 Å². The number of ether oxygens (including phenoxy) is 1. The molecule has 5 heteroatoms. The van der Waals surface area contributed by atoms with Gasteiger partial charge in [-0.2, -0.15) is 5.10 Å². The SMILES string of the molecule is C#CCOc1ncnc2c1cnn2-c1ccccc1. The molecular formula is C14H10N4O. The maximum absolute atomic E-state index is 5.38. The first-order valence-electron chi connectivity index (χ1n) is 5.70. The molecule has 3 rings (SSSR count). The summed E-state index contributed by atoms with van der Waals surface area (Å²) >= 11 is 0. The summed E-state index contributed by atoms with van der Waals surface area (Å²) in [6.45, 7) is 0.169. The van der Waals surface area contributed by atoms with Crippen LogP contribution in [-0.4, -0.2) is 26.4 Å². The number of terminal acetylenes is 1. The maximum Gasteiger partial charge on any atom is 0.228 e. The molecule has 0 aliphatic rings. The minimum atomic E-state index is 0.169. The highest BCUT2D eigenvalue weighted by Crippen LogP contribution is 2.22. The predicted molar refractivity (Wildman–Crippen MR) is 71.0 cm³/mol. The molecule has 0 radical (unpaired) electrons. The topological polar surface area (TPSA) is 52.8 Å². The highest BCUT2D eigenvalue weighted by molar-refractivity contribution is 5.81. The zero-order chi connectivity index (χ0) is 13.1. The van der Waals surface area contributed by atoms with E-state index < -0.39 is 0 Å². The molecular weight excluding hydrogens is 240 g/mol. The molecule has 0 bridgehead atoms. The number of fused-ring (bicyclic) bond motifs is 1. The van der Waals surface area contributed by atoms with E-state index in [1.54, 1.807) is 10.9 Å². The van der Waals surface area contributed by atoms with Crippen LogP contribution >= 0.6 is 0 Å². The van der Waals surface area contributed by atoms with Crippen molar-refractivity contribution >= 4 is 11.0 Å². The third kappa shape index (κ3) is 2.00. The summed E-state index contributed by atoms with van der Waals surface area (Å²) in [6, 6.07) is 9.75. The van der Waals surface area contributed by atoms with Crippen LogP contribution in [0, 0.1) is 12.3 Å². The fourth-order valence-corrected chi connectivity index (χ4v) is 1.81. The zero-order valence-electron chi connectivity index (χ0n) is 10.0. The Bertz CT molecular complexity index is 743. The minimum absolute atomic E-state index is 0.169. The van der Waals surface area contributed by atoms with Crippen LogP contribution in [0.5, 0.6) is 5.88 Å². The van der Waals surface area contributed by atoms with Crippen LogP contribution in [0.25, 0.3) is 16.7 Å². The number of hydrogen-bond acceptors (Lipinski definition) is 4. The van der Waals surface area contributed by atoms with E-state index in [9.17, 15) is 0 Å². The minimum Gasteiger partial charge on any atom is -0.464 e. The van der Waals surface area contributed by atoms with Crippen LogP contribution < -0.4 is 4.74 Å². The van der Waals surface area contributed by atoms with Crippen molar-refractivity contribution in [2.75, 3.05) is 6.61 Å². The maximum atomic E-state index is 5.38. The molecule has 3 aromatic rings. The van der Waals surface area contributed by atoms with Crippen molar-refractivity contribution in [2.45, 2.75) is 0 Å². The highest BCUT2D eigenvalue weighted by atomic mass is 16.5. The molecule has 2 aromatic heterocycles. The Morgan fingerprint density at radius 2 is 2.05 bits per heavy atom. The molecule has 2 heterocycles. The molecule has 0 N–H and O–H groups in total. The van der Waals surface area contributed by atoms with Crippen molar-refractivity contribution in [3.8, 4) is 23.9 Å². The normalized spacial score (nSPS) is 10.3. The molecule has 0 unspecified atom stereocenters. The Morgan fingerprint density at radius 3 is 2.84 bits per heavy atom. The first kappa shape index (κ1) is 11.2. The Balaban J connectivity index is 2.12. The quantitative estimate of drug-likeness (QED) is 0.665. The van der Waals surface area contributed by atoms with Gasteiger partial charge >= 0.3 is 0 Å². The molecule has 0 saturated heterocycles. The van der Waals surface area contributed by atoms with E-state index in [1.807, 2.05) is 30.3 Å². The van der Waals surface area contributed by atoms with Gasteiger partial charge in [-0.25, -0.2) is 14.6 Å². The van der Waals surface area contributed by atoms with Crippen molar-refractivity contribution in [3.63, 3.8) is 0 Å². The van der Waals surface area contributed by atoms with Crippen molar-refractivity contribution in [2.24, 2.45) is 0 Å². The number of rotatable bonds is 3. The second kappa shape index (κ2) is 4.78. The second-order valence-electron chi connectivity index (χ2n) is 3.80. The number of nitrogens with zero attached hydrogens (tertiary/aromatic N) is 4. The fraction of sp³-hybridized carbons (Fsp3) is 0.0714. The summed E-state index contributed by atoms with van der Waals surface area (Å²) in [6.07, 6.45) is 8.29. The van der Waals surface area contributed by atoms with Crippen molar-refractivity contribution < 1.29 is 4.74 Å². The highest BCUT2D eigenvalue weighted by Gasteiger charge is 2.11. The van der Waals surface area contributed by atoms with Gasteiger partial charge in [0.2, 0.25) is 5.88 Å². The first-order chi connectivity index (χ1) is 9.40. The second-order valence-corrected chi connectivity index (χ2v) is 3.80. The fourth-order valence-electron chi connectivity index (χ4n) is 1.81. The van der Waals surface area contributed by atoms with Gasteiger partial charge in [0.15, 0.2) is 12.3 Å². The lowest BCUT2D eigenvalue weighted by Crippen LogP contribution is -1.99. The summed E-state index contributed by atoms with van der Waals surface area (Å²) in [5, 5.41) is 5.05. The number of para-hydroxylation sites is 1. The third-order valence-corrected chi connectivity index (χ3v) is 2.62. The van der Waals surface area contributed by atoms with E-state index in [-0.39, 0.29) is 6.61 Å². The Labute approximate surface area is 109 Å². The lowest BCUT2D eigenvalue weighted by molar-refractivity contribution is 0.360. The number of hydrogen-bond donors (Lipinski definition) is 0. The molecule has 0 amide bonds. The monoisotopic (exact) mass is 250 g/mol. The standard InChI is InChI=1S/C14H10N4O/c1-2-8-19-14-12-9-17-18(13(12)15-10-16-14)11-6-4-3-5-7-11/h1,3-7,9-10H,8H2. The van der Waals surface area contributed by atoms with Gasteiger partial charge in [0.1, 0.15) is 11.7 Å². The van der Waals surface area contributed by atoms with E-state index in [4.69, 9.17) is 11.2 Å². The van der Waals surface area contributed by atoms with Gasteiger partial charge in [0.25, 0.3) is 0 Å². The third-order valence-electron chi connectivity index (χ3n) is 2.62. The van der Waals surface area contributed by atoms with Gasteiger partial charge in [-0.1, -0.05) is 24.1 Å². The molecule has 5 nitrogen and oxygen atoms in total. The summed E-state index contributed by atoms with van der Waals surface area (Å²) in [4.78, 5) is 8.31. The molecule has 92 valence electrons. The average Bonchev–Trinajstić information content (AvgIpc) is 2.90. The molecule has 0 aliphatic heterocycles. The molecule has 0 fully saturated rings. The van der Waals surface area contributed by atoms with Crippen LogP contribution in [-0.2, 0) is 0 Å². The van der Waals surface area contributed by atoms with Crippen LogP contribution in [0.3, 0.4) is 0 Å². The lowest BCUT2D eigenvalue weighted by atomic mass is 10.3. The lowest BCUT2D eigenvalue weighted by Gasteiger charge is -2.03. The van der Waals surface area contributed by atoms with Crippen LogP contribution in [0.4, 0.5) is 0 Å². The molecule has 0 spiro atoms. The zero-order valence-corrected chi connectivity index (χ0v) is 10.0. The summed E-state index contributed by atoms with van der Waals surface area (Å²) in [7, 11) is 0. The summed E-state index contributed by atoms with van der Waals surface area (Å²) < 4.78 is 7.11. The van der Waals surface area contributed by atoms with Crippen LogP contribution in [0.1, 0.15) is 0 Å². The van der Waals surface area contributed by atoms with Gasteiger partial charge < -0.3 is 4.74 Å². The van der Waals surface area contributed by atoms with E-state index in [1.165, 1.54) is 6.33 Å². The Hall–Kier alpha value is -2.87. The van der Waals surface area contributed by atoms with Crippen molar-refractivity contribution in [1.82, 2.24) is 19.7 Å². The molecule has 0 aliphatic carbocycles. The van der Waals surface area contributed by atoms with Gasteiger partial charge in [0.05, 0.1) is 11.9 Å². The largest absolute Gasteiger partial charge is 0.464 e. The molecule has 1 aromatic carbocycles. The smallest absolute Gasteiger partial charge is 0.228 e. The average molecular weight is 250 g/mol. The van der Waals surface area contributed by atoms with Crippen molar-refractivity contribution in [3.05, 3.63) is 42.9 Å². The van der Waals surface area contributed by atoms with E-state index in [2.05, 4.69) is 21.0 Å². The number of benzene rings is 1. The van der Waals surface area contributed by atoms with E-state index in [0.717, 1.165) is 11.1 Å². The van der Waals surface area contributed by atoms with Crippen LogP contribution in [0.2, 0.25) is 0 Å². The van der Waals surface area contributed by atoms with Gasteiger partial charge in [-0.15, -0.1) is 6.42 Å². The number of aromatic nitrogens is 4.